The van der Waals surface area contributed by atoms with Crippen LogP contribution in [0.15, 0.2) is 34.3 Å². The van der Waals surface area contributed by atoms with Crippen molar-refractivity contribution < 1.29 is 13.9 Å². The molecular formula is C17H26F2N4O. The van der Waals surface area contributed by atoms with Crippen molar-refractivity contribution >= 4 is 11.9 Å². The summed E-state index contributed by atoms with van der Waals surface area (Å²) in [7, 11) is 0. The highest BCUT2D eigenvalue weighted by atomic mass is 19.3. The van der Waals surface area contributed by atoms with Gasteiger partial charge in [-0.1, -0.05) is 20.4 Å². The average Bonchev–Trinajstić information content (AvgIpc) is 2.59. The molecule has 0 aromatic carbocycles. The molecule has 0 radical (unpaired) electrons. The molecule has 0 amide bonds. The number of allylic oxidation sites excluding steroid dienone is 1. The molecule has 2 heterocycles. The van der Waals surface area contributed by atoms with Gasteiger partial charge in [0, 0.05) is 25.2 Å². The summed E-state index contributed by atoms with van der Waals surface area (Å²) >= 11 is 0. The molecule has 2 aliphatic heterocycles. The first-order valence-electron chi connectivity index (χ1n) is 8.40. The molecule has 2 rings (SSSR count). The molecule has 0 saturated carbocycles. The van der Waals surface area contributed by atoms with Crippen molar-refractivity contribution in [1.82, 2.24) is 9.91 Å². The van der Waals surface area contributed by atoms with E-state index in [9.17, 15) is 13.9 Å². The Kier molecular flexibility index (Phi) is 6.62. The lowest BCUT2D eigenvalue weighted by molar-refractivity contribution is 0.0686. The maximum absolute atomic E-state index is 13.1. The molecule has 0 aliphatic carbocycles. The number of nitrogens with zero attached hydrogens (tertiary/aromatic N) is 4. The number of hydrogen-bond acceptors (Lipinski definition) is 5. The van der Waals surface area contributed by atoms with Gasteiger partial charge in [0.1, 0.15) is 11.5 Å². The Labute approximate surface area is 142 Å². The van der Waals surface area contributed by atoms with Crippen LogP contribution in [0.1, 0.15) is 33.1 Å². The number of halogens is 2. The number of rotatable bonds is 6. The number of hydrogen-bond donors (Lipinski definition) is 1. The van der Waals surface area contributed by atoms with Gasteiger partial charge in [0.25, 0.3) is 6.43 Å². The minimum absolute atomic E-state index is 0.0148. The van der Waals surface area contributed by atoms with E-state index in [1.165, 1.54) is 6.08 Å². The Morgan fingerprint density at radius 3 is 2.92 bits per heavy atom. The molecule has 5 nitrogen and oxygen atoms in total. The first kappa shape index (κ1) is 18.7. The molecule has 2 atom stereocenters. The van der Waals surface area contributed by atoms with E-state index in [0.717, 1.165) is 25.8 Å². The van der Waals surface area contributed by atoms with Gasteiger partial charge in [-0.05, 0) is 31.3 Å². The second kappa shape index (κ2) is 8.48. The highest BCUT2D eigenvalue weighted by Gasteiger charge is 2.31. The van der Waals surface area contributed by atoms with E-state index in [4.69, 9.17) is 0 Å². The molecule has 0 bridgehead atoms. The van der Waals surface area contributed by atoms with Crippen LogP contribution in [0, 0.1) is 11.8 Å². The van der Waals surface area contributed by atoms with Crippen molar-refractivity contribution in [3.05, 3.63) is 24.2 Å². The summed E-state index contributed by atoms with van der Waals surface area (Å²) in [5.74, 6) is 0.504. The van der Waals surface area contributed by atoms with Crippen molar-refractivity contribution in [3.63, 3.8) is 0 Å². The van der Waals surface area contributed by atoms with Gasteiger partial charge in [-0.3, -0.25) is 4.90 Å². The summed E-state index contributed by atoms with van der Waals surface area (Å²) in [5, 5.41) is 15.4. The van der Waals surface area contributed by atoms with E-state index in [1.807, 2.05) is 11.8 Å². The number of hydrazone groups is 1. The normalized spacial score (nSPS) is 24.5. The summed E-state index contributed by atoms with van der Waals surface area (Å²) in [5.41, 5.74) is 0.411. The SMILES string of the molecule is C=C1N=C(C(F)F)C=C(C2CCCN(CO)C2)N1/N=C\C(C)CC. The molecule has 7 heteroatoms. The van der Waals surface area contributed by atoms with Gasteiger partial charge in [0.05, 0.1) is 12.4 Å². The lowest BCUT2D eigenvalue weighted by Gasteiger charge is -2.37. The lowest BCUT2D eigenvalue weighted by atomic mass is 9.93. The summed E-state index contributed by atoms with van der Waals surface area (Å²) < 4.78 is 26.3. The summed E-state index contributed by atoms with van der Waals surface area (Å²) in [6.45, 7) is 9.30. The van der Waals surface area contributed by atoms with E-state index in [-0.39, 0.29) is 30.1 Å². The van der Waals surface area contributed by atoms with Gasteiger partial charge >= 0.3 is 0 Å². The van der Waals surface area contributed by atoms with Gasteiger partial charge in [-0.2, -0.15) is 5.10 Å². The van der Waals surface area contributed by atoms with Crippen molar-refractivity contribution in [3.8, 4) is 0 Å². The van der Waals surface area contributed by atoms with Gasteiger partial charge in [0.15, 0.2) is 0 Å². The van der Waals surface area contributed by atoms with Crippen molar-refractivity contribution in [2.45, 2.75) is 39.5 Å². The highest BCUT2D eigenvalue weighted by molar-refractivity contribution is 5.99. The third kappa shape index (κ3) is 4.48. The fourth-order valence-corrected chi connectivity index (χ4v) is 2.84. The van der Waals surface area contributed by atoms with Crippen LogP contribution in [0.25, 0.3) is 0 Å². The van der Waals surface area contributed by atoms with E-state index in [2.05, 4.69) is 23.6 Å². The van der Waals surface area contributed by atoms with Crippen LogP contribution in [-0.2, 0) is 0 Å². The van der Waals surface area contributed by atoms with Gasteiger partial charge in [-0.25, -0.2) is 18.8 Å². The predicted octanol–water partition coefficient (Wildman–Crippen LogP) is 3.06. The van der Waals surface area contributed by atoms with Crippen molar-refractivity contribution in [2.75, 3.05) is 19.8 Å². The zero-order valence-electron chi connectivity index (χ0n) is 14.3. The fraction of sp³-hybridized carbons (Fsp3) is 0.647. The van der Waals surface area contributed by atoms with E-state index >= 15 is 0 Å². The fourth-order valence-electron chi connectivity index (χ4n) is 2.84. The van der Waals surface area contributed by atoms with Crippen LogP contribution in [0.4, 0.5) is 8.78 Å². The number of aliphatic imine (C=N–C) groups is 1. The van der Waals surface area contributed by atoms with Crippen LogP contribution in [-0.4, -0.2) is 53.2 Å². The number of aliphatic hydroxyl groups is 1. The molecule has 0 aromatic heterocycles. The molecule has 1 N–H and O–H groups in total. The van der Waals surface area contributed by atoms with Gasteiger partial charge in [0.2, 0.25) is 0 Å². The quantitative estimate of drug-likeness (QED) is 0.756. The molecule has 0 aromatic rings. The van der Waals surface area contributed by atoms with Crippen molar-refractivity contribution in [2.24, 2.45) is 21.9 Å². The minimum atomic E-state index is -2.64. The second-order valence-electron chi connectivity index (χ2n) is 6.34. The maximum Gasteiger partial charge on any atom is 0.280 e. The number of piperidine rings is 1. The molecule has 2 unspecified atom stereocenters. The number of likely N-dealkylation sites (tertiary alicyclic amines) is 1. The standard InChI is InChI=1S/C17H26F2N4O/c1-4-12(2)9-20-23-13(3)21-15(17(18)19)8-16(23)14-6-5-7-22(10-14)11-24/h8-9,12,14,17,24H,3-7,10-11H2,1-2H3/b20-9-. The van der Waals surface area contributed by atoms with Crippen LogP contribution in [0.2, 0.25) is 0 Å². The molecule has 24 heavy (non-hydrogen) atoms. The Morgan fingerprint density at radius 1 is 1.54 bits per heavy atom. The Balaban J connectivity index is 2.29. The smallest absolute Gasteiger partial charge is 0.280 e. The van der Waals surface area contributed by atoms with E-state index in [0.29, 0.717) is 12.2 Å². The summed E-state index contributed by atoms with van der Waals surface area (Å²) in [6.07, 6.45) is 3.29. The summed E-state index contributed by atoms with van der Waals surface area (Å²) in [4.78, 5) is 5.80. The first-order chi connectivity index (χ1) is 11.5. The zero-order chi connectivity index (χ0) is 17.7. The lowest BCUT2D eigenvalue weighted by Crippen LogP contribution is -2.40. The van der Waals surface area contributed by atoms with Crippen LogP contribution in [0.3, 0.4) is 0 Å². The zero-order valence-corrected chi connectivity index (χ0v) is 14.3. The Hall–Kier alpha value is -1.60. The van der Waals surface area contributed by atoms with Crippen LogP contribution < -0.4 is 0 Å². The van der Waals surface area contributed by atoms with Gasteiger partial charge < -0.3 is 5.11 Å². The maximum atomic E-state index is 13.1. The second-order valence-corrected chi connectivity index (χ2v) is 6.34. The Morgan fingerprint density at radius 2 is 2.29 bits per heavy atom. The minimum Gasteiger partial charge on any atom is -0.381 e. The van der Waals surface area contributed by atoms with Crippen molar-refractivity contribution in [1.29, 1.82) is 0 Å². The molecule has 1 fully saturated rings. The first-order valence-corrected chi connectivity index (χ1v) is 8.40. The van der Waals surface area contributed by atoms with Gasteiger partial charge in [-0.15, -0.1) is 0 Å². The number of aliphatic hydroxyl groups excluding tert-OH is 1. The molecular weight excluding hydrogens is 314 g/mol. The average molecular weight is 340 g/mol. The van der Waals surface area contributed by atoms with Crippen LogP contribution in [0.5, 0.6) is 0 Å². The molecule has 134 valence electrons. The molecule has 2 aliphatic rings. The van der Waals surface area contributed by atoms with E-state index in [1.54, 1.807) is 11.2 Å². The topological polar surface area (TPSA) is 51.4 Å². The molecule has 1 saturated heterocycles. The summed E-state index contributed by atoms with van der Waals surface area (Å²) in [6, 6.07) is 0. The van der Waals surface area contributed by atoms with E-state index < -0.39 is 6.43 Å². The molecule has 0 spiro atoms. The predicted molar refractivity (Wildman–Crippen MR) is 91.8 cm³/mol. The largest absolute Gasteiger partial charge is 0.381 e. The Bertz CT molecular complexity index is 545. The third-order valence-electron chi connectivity index (χ3n) is 4.47. The number of alkyl halides is 2. The third-order valence-corrected chi connectivity index (χ3v) is 4.47. The van der Waals surface area contributed by atoms with Crippen LogP contribution >= 0.6 is 0 Å². The monoisotopic (exact) mass is 340 g/mol. The highest BCUT2D eigenvalue weighted by Crippen LogP contribution is 2.32.